The number of nitrogens with zero attached hydrogens (tertiary/aromatic N) is 2. The van der Waals surface area contributed by atoms with E-state index in [1.54, 1.807) is 11.9 Å². The lowest BCUT2D eigenvalue weighted by Crippen LogP contribution is -1.89. The van der Waals surface area contributed by atoms with E-state index in [1.807, 2.05) is 46.6 Å². The fraction of sp³-hybridized carbons (Fsp3) is 0. The lowest BCUT2D eigenvalue weighted by molar-refractivity contribution is 0.618. The molecule has 0 unspecified atom stereocenters. The van der Waals surface area contributed by atoms with E-state index in [2.05, 4.69) is 20.9 Å². The lowest BCUT2D eigenvalue weighted by atomic mass is 10.3. The van der Waals surface area contributed by atoms with Crippen LogP contribution in [0.2, 0.25) is 0 Å². The van der Waals surface area contributed by atoms with Gasteiger partial charge in [-0.3, -0.25) is 3.97 Å². The Balaban J connectivity index is 2.06. The Morgan fingerprint density at radius 3 is 2.72 bits per heavy atom. The van der Waals surface area contributed by atoms with Gasteiger partial charge in [0, 0.05) is 16.5 Å². The number of rotatable bonds is 2. The van der Waals surface area contributed by atoms with Crippen LogP contribution in [-0.4, -0.2) is 8.96 Å². The van der Waals surface area contributed by atoms with Crippen molar-refractivity contribution in [2.75, 3.05) is 0 Å². The van der Waals surface area contributed by atoms with E-state index in [-0.39, 0.29) is 5.82 Å². The Morgan fingerprint density at radius 1 is 1.17 bits per heavy atom. The second-order valence-corrected chi connectivity index (χ2v) is 5.54. The normalized spacial score (nSPS) is 11.0. The molecule has 0 aliphatic carbocycles. The summed E-state index contributed by atoms with van der Waals surface area (Å²) in [5.41, 5.74) is 0.747. The second-order valence-electron chi connectivity index (χ2n) is 3.70. The fourth-order valence-corrected chi connectivity index (χ4v) is 2.95. The smallest absolute Gasteiger partial charge is 0.156 e. The Kier molecular flexibility index (Phi) is 3.09. The molecule has 1 aromatic carbocycles. The molecule has 2 heterocycles. The summed E-state index contributed by atoms with van der Waals surface area (Å²) in [4.78, 5) is 5.24. The van der Waals surface area contributed by atoms with Crippen molar-refractivity contribution in [3.8, 4) is 0 Å². The highest BCUT2D eigenvalue weighted by Gasteiger charge is 2.10. The average Bonchev–Trinajstić information content (AvgIpc) is 2.79. The maximum atomic E-state index is 13.4. The SMILES string of the molecule is Fc1cnc2c(ccn2Sc2ccccc2)c1Br. The van der Waals surface area contributed by atoms with Gasteiger partial charge in [0.2, 0.25) is 0 Å². The predicted octanol–water partition coefficient (Wildman–Crippen LogP) is 4.49. The van der Waals surface area contributed by atoms with Gasteiger partial charge >= 0.3 is 0 Å². The van der Waals surface area contributed by atoms with Crippen molar-refractivity contribution >= 4 is 38.9 Å². The molecule has 18 heavy (non-hydrogen) atoms. The summed E-state index contributed by atoms with van der Waals surface area (Å²) in [7, 11) is 0. The molecule has 3 rings (SSSR count). The molecule has 0 fully saturated rings. The summed E-state index contributed by atoms with van der Waals surface area (Å²) in [6.45, 7) is 0. The van der Waals surface area contributed by atoms with Crippen LogP contribution in [-0.2, 0) is 0 Å². The van der Waals surface area contributed by atoms with E-state index in [1.165, 1.54) is 6.20 Å². The van der Waals surface area contributed by atoms with Gasteiger partial charge in [-0.05, 0) is 46.1 Å². The zero-order valence-electron chi connectivity index (χ0n) is 9.18. The van der Waals surface area contributed by atoms with Gasteiger partial charge in [-0.1, -0.05) is 18.2 Å². The standard InChI is InChI=1S/C13H8BrFN2S/c14-12-10-6-7-17(13(10)16-8-11(12)15)18-9-4-2-1-3-5-9/h1-8H. The van der Waals surface area contributed by atoms with Crippen LogP contribution in [0.1, 0.15) is 0 Å². The first-order chi connectivity index (χ1) is 8.75. The summed E-state index contributed by atoms with van der Waals surface area (Å²) < 4.78 is 15.7. The Hall–Kier alpha value is -1.33. The van der Waals surface area contributed by atoms with Crippen molar-refractivity contribution in [1.82, 2.24) is 8.96 Å². The fourth-order valence-electron chi connectivity index (χ4n) is 1.68. The zero-order valence-corrected chi connectivity index (χ0v) is 11.6. The van der Waals surface area contributed by atoms with Crippen LogP contribution in [0, 0.1) is 5.82 Å². The van der Waals surface area contributed by atoms with Crippen molar-refractivity contribution in [3.05, 3.63) is 59.1 Å². The third-order valence-corrected chi connectivity index (χ3v) is 4.30. The predicted molar refractivity (Wildman–Crippen MR) is 75.1 cm³/mol. The molecular weight excluding hydrogens is 315 g/mol. The van der Waals surface area contributed by atoms with Gasteiger partial charge in [-0.25, -0.2) is 9.37 Å². The number of hydrogen-bond acceptors (Lipinski definition) is 2. The van der Waals surface area contributed by atoms with Crippen molar-refractivity contribution < 1.29 is 4.39 Å². The van der Waals surface area contributed by atoms with Crippen molar-refractivity contribution in [1.29, 1.82) is 0 Å². The Bertz CT molecular complexity index is 697. The second kappa shape index (κ2) is 4.74. The highest BCUT2D eigenvalue weighted by Crippen LogP contribution is 2.30. The number of halogens is 2. The molecule has 2 aromatic heterocycles. The molecule has 0 bridgehead atoms. The number of hydrogen-bond donors (Lipinski definition) is 0. The number of benzene rings is 1. The Morgan fingerprint density at radius 2 is 1.94 bits per heavy atom. The lowest BCUT2D eigenvalue weighted by Gasteiger charge is -2.03. The minimum Gasteiger partial charge on any atom is -0.271 e. The summed E-state index contributed by atoms with van der Waals surface area (Å²) in [6.07, 6.45) is 3.12. The molecule has 2 nitrogen and oxygen atoms in total. The van der Waals surface area contributed by atoms with Crippen LogP contribution in [0.3, 0.4) is 0 Å². The monoisotopic (exact) mass is 322 g/mol. The maximum Gasteiger partial charge on any atom is 0.156 e. The van der Waals surface area contributed by atoms with Crippen LogP contribution in [0.25, 0.3) is 11.0 Å². The van der Waals surface area contributed by atoms with Gasteiger partial charge in [-0.15, -0.1) is 0 Å². The molecular formula is C13H8BrFN2S. The van der Waals surface area contributed by atoms with Crippen molar-refractivity contribution in [2.24, 2.45) is 0 Å². The first-order valence-corrected chi connectivity index (χ1v) is 6.87. The minimum atomic E-state index is -0.343. The van der Waals surface area contributed by atoms with E-state index >= 15 is 0 Å². The van der Waals surface area contributed by atoms with E-state index < -0.39 is 0 Å². The van der Waals surface area contributed by atoms with Gasteiger partial charge in [0.05, 0.1) is 10.7 Å². The summed E-state index contributed by atoms with van der Waals surface area (Å²) in [5, 5.41) is 0.776. The van der Waals surface area contributed by atoms with Gasteiger partial charge < -0.3 is 0 Å². The van der Waals surface area contributed by atoms with Crippen LogP contribution in [0.5, 0.6) is 0 Å². The topological polar surface area (TPSA) is 17.8 Å². The summed E-state index contributed by atoms with van der Waals surface area (Å²) in [6, 6.07) is 11.8. The zero-order chi connectivity index (χ0) is 12.5. The van der Waals surface area contributed by atoms with Crippen LogP contribution < -0.4 is 0 Å². The highest BCUT2D eigenvalue weighted by molar-refractivity contribution is 9.10. The molecule has 0 saturated heterocycles. The van der Waals surface area contributed by atoms with E-state index in [0.29, 0.717) is 4.47 Å². The number of fused-ring (bicyclic) bond motifs is 1. The summed E-state index contributed by atoms with van der Waals surface area (Å²) in [5.74, 6) is -0.343. The van der Waals surface area contributed by atoms with Crippen LogP contribution >= 0.6 is 27.9 Å². The first kappa shape index (κ1) is 11.7. The number of pyridine rings is 1. The van der Waals surface area contributed by atoms with Crippen molar-refractivity contribution in [2.45, 2.75) is 4.90 Å². The Labute approximate surface area is 116 Å². The molecule has 0 radical (unpaired) electrons. The van der Waals surface area contributed by atoms with E-state index in [0.717, 1.165) is 15.9 Å². The highest BCUT2D eigenvalue weighted by atomic mass is 79.9. The molecule has 0 amide bonds. The molecule has 90 valence electrons. The maximum absolute atomic E-state index is 13.4. The number of aromatic nitrogens is 2. The third kappa shape index (κ3) is 2.04. The average molecular weight is 323 g/mol. The summed E-state index contributed by atoms with van der Waals surface area (Å²) >= 11 is 4.79. The largest absolute Gasteiger partial charge is 0.271 e. The van der Waals surface area contributed by atoms with Crippen molar-refractivity contribution in [3.63, 3.8) is 0 Å². The quantitative estimate of drug-likeness (QED) is 0.691. The van der Waals surface area contributed by atoms with Gasteiger partial charge in [0.15, 0.2) is 11.5 Å². The first-order valence-electron chi connectivity index (χ1n) is 5.30. The van der Waals surface area contributed by atoms with E-state index in [9.17, 15) is 4.39 Å². The molecule has 0 N–H and O–H groups in total. The minimum absolute atomic E-state index is 0.343. The molecule has 0 spiro atoms. The van der Waals surface area contributed by atoms with E-state index in [4.69, 9.17) is 0 Å². The third-order valence-electron chi connectivity index (χ3n) is 2.52. The van der Waals surface area contributed by atoms with Crippen LogP contribution in [0.15, 0.2) is 58.2 Å². The molecule has 3 aromatic rings. The van der Waals surface area contributed by atoms with Crippen LogP contribution in [0.4, 0.5) is 4.39 Å². The van der Waals surface area contributed by atoms with Gasteiger partial charge in [-0.2, -0.15) is 0 Å². The molecule has 5 heteroatoms. The molecule has 0 saturated carbocycles. The van der Waals surface area contributed by atoms with Gasteiger partial charge in [0.1, 0.15) is 0 Å². The molecule has 0 aliphatic rings. The molecule has 0 atom stereocenters. The molecule has 0 aliphatic heterocycles. The van der Waals surface area contributed by atoms with Gasteiger partial charge in [0.25, 0.3) is 0 Å².